The number of aliphatic hydroxyl groups is 1. The second kappa shape index (κ2) is 16.9. The largest absolute Gasteiger partial charge is 0.467 e. The molecule has 0 spiro atoms. The van der Waals surface area contributed by atoms with E-state index in [4.69, 9.17) is 14.2 Å². The summed E-state index contributed by atoms with van der Waals surface area (Å²) in [4.78, 5) is 37.9. The van der Waals surface area contributed by atoms with Crippen molar-refractivity contribution >= 4 is 41.0 Å². The van der Waals surface area contributed by atoms with Crippen molar-refractivity contribution in [3.8, 4) is 0 Å². The lowest BCUT2D eigenvalue weighted by Crippen LogP contribution is -2.45. The number of thioether (sulfide) groups is 1. The molecule has 4 aromatic carbocycles. The Labute approximate surface area is 284 Å². The van der Waals surface area contributed by atoms with Crippen molar-refractivity contribution in [2.24, 2.45) is 0 Å². The van der Waals surface area contributed by atoms with E-state index in [2.05, 4.69) is 16.0 Å². The Hall–Kier alpha value is -4.68. The molecule has 1 aliphatic heterocycles. The highest BCUT2D eigenvalue weighted by Crippen LogP contribution is 2.40. The van der Waals surface area contributed by atoms with E-state index in [1.165, 1.54) is 14.0 Å². The van der Waals surface area contributed by atoms with Crippen LogP contribution in [0.25, 0.3) is 0 Å². The summed E-state index contributed by atoms with van der Waals surface area (Å²) in [5, 5.41) is 17.8. The highest BCUT2D eigenvalue weighted by molar-refractivity contribution is 7.99. The van der Waals surface area contributed by atoms with Crippen LogP contribution in [0.15, 0.2) is 108 Å². The molecule has 48 heavy (non-hydrogen) atoms. The van der Waals surface area contributed by atoms with Crippen LogP contribution in [0.5, 0.6) is 0 Å². The molecule has 10 nitrogen and oxygen atoms in total. The van der Waals surface area contributed by atoms with Crippen LogP contribution in [0.4, 0.5) is 16.2 Å². The number of benzene rings is 4. The van der Waals surface area contributed by atoms with Gasteiger partial charge in [-0.15, -0.1) is 11.8 Å². The molecule has 11 heteroatoms. The van der Waals surface area contributed by atoms with Crippen LogP contribution < -0.4 is 16.0 Å². The summed E-state index contributed by atoms with van der Waals surface area (Å²) in [6.45, 7) is 1.43. The Morgan fingerprint density at radius 2 is 1.60 bits per heavy atom. The Morgan fingerprint density at radius 3 is 2.29 bits per heavy atom. The molecule has 4 aromatic rings. The van der Waals surface area contributed by atoms with E-state index in [0.717, 1.165) is 27.3 Å². The smallest absolute Gasteiger partial charge is 0.328 e. The van der Waals surface area contributed by atoms with E-state index in [1.807, 2.05) is 84.9 Å². The minimum absolute atomic E-state index is 0.0441. The molecule has 0 radical (unpaired) electrons. The van der Waals surface area contributed by atoms with Gasteiger partial charge in [-0.05, 0) is 53.1 Å². The minimum atomic E-state index is -0.872. The zero-order valence-corrected chi connectivity index (χ0v) is 27.6. The van der Waals surface area contributed by atoms with E-state index < -0.39 is 24.3 Å². The summed E-state index contributed by atoms with van der Waals surface area (Å²) in [6.07, 6.45) is -0.278. The first kappa shape index (κ1) is 34.6. The van der Waals surface area contributed by atoms with Gasteiger partial charge in [-0.3, -0.25) is 4.79 Å². The van der Waals surface area contributed by atoms with E-state index in [9.17, 15) is 19.5 Å². The molecule has 0 bridgehead atoms. The summed E-state index contributed by atoms with van der Waals surface area (Å²) < 4.78 is 17.9. The Balaban J connectivity index is 1.28. The zero-order valence-electron chi connectivity index (χ0n) is 26.8. The number of hydrogen-bond acceptors (Lipinski definition) is 8. The molecule has 1 aliphatic rings. The van der Waals surface area contributed by atoms with Gasteiger partial charge < -0.3 is 35.3 Å². The number of methoxy groups -OCH3 is 1. The predicted octanol–water partition coefficient (Wildman–Crippen LogP) is 6.38. The first-order valence-corrected chi connectivity index (χ1v) is 16.6. The van der Waals surface area contributed by atoms with Gasteiger partial charge in [-0.2, -0.15) is 0 Å². The van der Waals surface area contributed by atoms with Gasteiger partial charge in [-0.25, -0.2) is 9.59 Å². The molecule has 0 saturated carbocycles. The lowest BCUT2D eigenvalue weighted by atomic mass is 10.0. The number of aliphatic hydroxyl groups excluding tert-OH is 1. The van der Waals surface area contributed by atoms with Gasteiger partial charge in [0.1, 0.15) is 6.04 Å². The number of carbonyl (C=O) groups excluding carboxylic acids is 3. The normalized spacial score (nSPS) is 17.9. The Bertz CT molecular complexity index is 1670. The number of amides is 3. The highest BCUT2D eigenvalue weighted by Gasteiger charge is 2.32. The number of anilines is 2. The monoisotopic (exact) mass is 669 g/mol. The molecule has 4 unspecified atom stereocenters. The third-order valence-electron chi connectivity index (χ3n) is 7.72. The van der Waals surface area contributed by atoms with Crippen molar-refractivity contribution in [1.82, 2.24) is 5.32 Å². The maximum absolute atomic E-state index is 13.0. The second-order valence-electron chi connectivity index (χ2n) is 11.4. The topological polar surface area (TPSA) is 135 Å². The van der Waals surface area contributed by atoms with Gasteiger partial charge in [-0.1, -0.05) is 66.7 Å². The average Bonchev–Trinajstić information content (AvgIpc) is 3.11. The number of nitrogens with one attached hydrogen (secondary N) is 3. The van der Waals surface area contributed by atoms with Gasteiger partial charge >= 0.3 is 12.0 Å². The van der Waals surface area contributed by atoms with Crippen LogP contribution in [-0.4, -0.2) is 48.0 Å². The van der Waals surface area contributed by atoms with Gasteiger partial charge in [0.25, 0.3) is 0 Å². The predicted molar refractivity (Wildman–Crippen MR) is 184 cm³/mol. The molecule has 1 fully saturated rings. The summed E-state index contributed by atoms with van der Waals surface area (Å²) in [5.41, 5.74) is 4.62. The van der Waals surface area contributed by atoms with Gasteiger partial charge in [0.15, 0.2) is 6.29 Å². The molecule has 1 saturated heterocycles. The van der Waals surface area contributed by atoms with Crippen molar-refractivity contribution in [3.63, 3.8) is 0 Å². The van der Waals surface area contributed by atoms with Crippen molar-refractivity contribution < 1.29 is 33.7 Å². The van der Waals surface area contributed by atoms with Crippen molar-refractivity contribution in [2.75, 3.05) is 23.5 Å². The van der Waals surface area contributed by atoms with Crippen molar-refractivity contribution in [2.45, 2.75) is 55.8 Å². The van der Waals surface area contributed by atoms with Gasteiger partial charge in [0.05, 0.1) is 25.9 Å². The fourth-order valence-corrected chi connectivity index (χ4v) is 6.25. The second-order valence-corrected chi connectivity index (χ2v) is 12.4. The third kappa shape index (κ3) is 9.91. The van der Waals surface area contributed by atoms with Crippen LogP contribution in [0.2, 0.25) is 0 Å². The Morgan fingerprint density at radius 1 is 0.854 bits per heavy atom. The van der Waals surface area contributed by atoms with Crippen LogP contribution in [0.3, 0.4) is 0 Å². The summed E-state index contributed by atoms with van der Waals surface area (Å²) in [7, 11) is 1.29. The van der Waals surface area contributed by atoms with Crippen molar-refractivity contribution in [1.29, 1.82) is 0 Å². The standard InChI is InChI=1S/C37H39N3O7S/c1-24(42)38-29-15-17-32(18-16-29)48-23-31-21-34(27-13-11-26(22-41)12-14-27)47-36(46-31)28-9-6-10-30(20-28)39-37(44)40-33(35(43)45-2)19-25-7-4-3-5-8-25/h3-18,20,31,33-34,36,41H,19,21-23H2,1-2H3,(H,38,42)(H2,39,40,44). The molecular formula is C37H39N3O7S. The first-order chi connectivity index (χ1) is 23.3. The number of esters is 1. The minimum Gasteiger partial charge on any atom is -0.467 e. The SMILES string of the molecule is COC(=O)C(Cc1ccccc1)NC(=O)Nc1cccc(C2OC(CSc3ccc(NC(C)=O)cc3)CC(c3ccc(CO)cc3)O2)c1. The number of rotatable bonds is 12. The summed E-state index contributed by atoms with van der Waals surface area (Å²) in [5.74, 6) is -0.0119. The van der Waals surface area contributed by atoms with Gasteiger partial charge in [0.2, 0.25) is 5.91 Å². The van der Waals surface area contributed by atoms with E-state index in [0.29, 0.717) is 23.4 Å². The zero-order chi connectivity index (χ0) is 33.9. The molecule has 250 valence electrons. The van der Waals surface area contributed by atoms with Crippen LogP contribution in [0, 0.1) is 0 Å². The first-order valence-electron chi connectivity index (χ1n) is 15.6. The fraction of sp³-hybridized carbons (Fsp3) is 0.270. The van der Waals surface area contributed by atoms with Crippen LogP contribution >= 0.6 is 11.8 Å². The maximum Gasteiger partial charge on any atom is 0.328 e. The molecular weight excluding hydrogens is 630 g/mol. The van der Waals surface area contributed by atoms with E-state index in [-0.39, 0.29) is 31.1 Å². The van der Waals surface area contributed by atoms with Gasteiger partial charge in [0, 0.05) is 47.4 Å². The number of urea groups is 1. The van der Waals surface area contributed by atoms with E-state index in [1.54, 1.807) is 30.0 Å². The number of hydrogen-bond donors (Lipinski definition) is 4. The Kier molecular flexibility index (Phi) is 12.2. The molecule has 5 rings (SSSR count). The number of carbonyl (C=O) groups is 3. The molecule has 3 amide bonds. The molecule has 4 N–H and O–H groups in total. The third-order valence-corrected chi connectivity index (χ3v) is 8.86. The average molecular weight is 670 g/mol. The van der Waals surface area contributed by atoms with Crippen molar-refractivity contribution in [3.05, 3.63) is 125 Å². The number of ether oxygens (including phenoxy) is 3. The molecule has 4 atom stereocenters. The summed E-state index contributed by atoms with van der Waals surface area (Å²) in [6, 6.07) is 30.5. The quantitative estimate of drug-likeness (QED) is 0.101. The fourth-order valence-electron chi connectivity index (χ4n) is 5.32. The van der Waals surface area contributed by atoms with Crippen LogP contribution in [-0.2, 0) is 36.8 Å². The summed E-state index contributed by atoms with van der Waals surface area (Å²) >= 11 is 1.65. The maximum atomic E-state index is 13.0. The molecule has 1 heterocycles. The lowest BCUT2D eigenvalue weighted by Gasteiger charge is -2.36. The van der Waals surface area contributed by atoms with E-state index >= 15 is 0 Å². The lowest BCUT2D eigenvalue weighted by molar-refractivity contribution is -0.245. The molecule has 0 aliphatic carbocycles. The highest BCUT2D eigenvalue weighted by atomic mass is 32.2. The van der Waals surface area contributed by atoms with Crippen LogP contribution in [0.1, 0.15) is 48.0 Å². The molecule has 0 aromatic heterocycles.